The third-order valence-electron chi connectivity index (χ3n) is 5.84. The van der Waals surface area contributed by atoms with Crippen molar-refractivity contribution < 1.29 is 9.18 Å². The fourth-order valence-electron chi connectivity index (χ4n) is 4.38. The maximum Gasteiger partial charge on any atom is 0.253 e. The molecule has 28 heavy (non-hydrogen) atoms. The average Bonchev–Trinajstić information content (AvgIpc) is 3.14. The molecule has 3 heterocycles. The summed E-state index contributed by atoms with van der Waals surface area (Å²) in [6.07, 6.45) is 6.78. The Morgan fingerprint density at radius 1 is 1.11 bits per heavy atom. The SMILES string of the molecule is O=C1NCCc2[nH]c(-c3c(F)ccc4ccc(NC5CCCCC5)nc34)cc21. The van der Waals surface area contributed by atoms with Crippen molar-refractivity contribution in [2.75, 3.05) is 11.9 Å². The molecule has 0 unspecified atom stereocenters. The van der Waals surface area contributed by atoms with Crippen molar-refractivity contribution in [3.63, 3.8) is 0 Å². The molecule has 5 rings (SSSR count). The van der Waals surface area contributed by atoms with Gasteiger partial charge in [0.2, 0.25) is 0 Å². The monoisotopic (exact) mass is 378 g/mol. The summed E-state index contributed by atoms with van der Waals surface area (Å²) in [5, 5.41) is 7.23. The lowest BCUT2D eigenvalue weighted by molar-refractivity contribution is 0.0946. The minimum absolute atomic E-state index is 0.114. The highest BCUT2D eigenvalue weighted by atomic mass is 19.1. The van der Waals surface area contributed by atoms with E-state index < -0.39 is 0 Å². The second kappa shape index (κ2) is 6.93. The van der Waals surface area contributed by atoms with Crippen LogP contribution in [0.25, 0.3) is 22.2 Å². The third kappa shape index (κ3) is 3.03. The molecule has 3 aromatic rings. The molecule has 3 N–H and O–H groups in total. The third-order valence-corrected chi connectivity index (χ3v) is 5.84. The summed E-state index contributed by atoms with van der Waals surface area (Å²) < 4.78 is 14.9. The molecular formula is C22H23FN4O. The Morgan fingerprint density at radius 2 is 1.93 bits per heavy atom. The van der Waals surface area contributed by atoms with Gasteiger partial charge in [-0.2, -0.15) is 0 Å². The quantitative estimate of drug-likeness (QED) is 0.633. The lowest BCUT2D eigenvalue weighted by Gasteiger charge is -2.23. The number of H-pyrrole nitrogens is 1. The van der Waals surface area contributed by atoms with Gasteiger partial charge in [-0.1, -0.05) is 19.3 Å². The second-order valence-corrected chi connectivity index (χ2v) is 7.75. The van der Waals surface area contributed by atoms with Crippen LogP contribution < -0.4 is 10.6 Å². The normalized spacial score (nSPS) is 17.4. The molecular weight excluding hydrogens is 355 g/mol. The number of carbonyl (C=O) groups excluding carboxylic acids is 1. The summed E-state index contributed by atoms with van der Waals surface area (Å²) in [6.45, 7) is 0.595. The van der Waals surface area contributed by atoms with Gasteiger partial charge in [0.15, 0.2) is 0 Å². The number of nitrogens with one attached hydrogen (secondary N) is 3. The lowest BCUT2D eigenvalue weighted by atomic mass is 9.95. The van der Waals surface area contributed by atoms with E-state index in [1.807, 2.05) is 12.1 Å². The number of benzene rings is 1. The molecule has 2 aliphatic rings. The highest BCUT2D eigenvalue weighted by molar-refractivity contribution is 6.00. The minimum Gasteiger partial charge on any atom is -0.367 e. The molecule has 1 fully saturated rings. The summed E-state index contributed by atoms with van der Waals surface area (Å²) >= 11 is 0. The second-order valence-electron chi connectivity index (χ2n) is 7.75. The van der Waals surface area contributed by atoms with Crippen LogP contribution in [0, 0.1) is 5.82 Å². The fourth-order valence-corrected chi connectivity index (χ4v) is 4.38. The van der Waals surface area contributed by atoms with Crippen LogP contribution in [0.4, 0.5) is 10.2 Å². The van der Waals surface area contributed by atoms with Crippen LogP contribution in [-0.4, -0.2) is 28.5 Å². The number of pyridine rings is 1. The maximum absolute atomic E-state index is 14.9. The van der Waals surface area contributed by atoms with E-state index >= 15 is 0 Å². The highest BCUT2D eigenvalue weighted by Gasteiger charge is 2.23. The average molecular weight is 378 g/mol. The van der Waals surface area contributed by atoms with Crippen LogP contribution in [0.1, 0.15) is 48.2 Å². The van der Waals surface area contributed by atoms with Gasteiger partial charge >= 0.3 is 0 Å². The van der Waals surface area contributed by atoms with Gasteiger partial charge in [-0.05, 0) is 43.2 Å². The zero-order valence-electron chi connectivity index (χ0n) is 15.6. The largest absolute Gasteiger partial charge is 0.367 e. The standard InChI is InChI=1S/C22H23FN4O/c23-16-8-6-13-7-9-19(25-14-4-2-1-3-5-14)27-21(13)20(16)18-12-15-17(26-18)10-11-24-22(15)28/h6-9,12,14,26H,1-5,10-11H2,(H,24,28)(H,25,27). The number of anilines is 1. The molecule has 2 aromatic heterocycles. The first-order valence-electron chi connectivity index (χ1n) is 10.1. The number of hydrogen-bond donors (Lipinski definition) is 3. The summed E-state index contributed by atoms with van der Waals surface area (Å²) in [5.74, 6) is 0.325. The molecule has 1 aliphatic carbocycles. The number of aromatic amines is 1. The van der Waals surface area contributed by atoms with Crippen molar-refractivity contribution in [2.45, 2.75) is 44.6 Å². The molecule has 0 spiro atoms. The van der Waals surface area contributed by atoms with Gasteiger partial charge in [0.05, 0.1) is 22.3 Å². The summed E-state index contributed by atoms with van der Waals surface area (Å²) in [6, 6.07) is 9.33. The van der Waals surface area contributed by atoms with Crippen molar-refractivity contribution in [1.82, 2.24) is 15.3 Å². The van der Waals surface area contributed by atoms with Crippen molar-refractivity contribution in [2.24, 2.45) is 0 Å². The first-order valence-corrected chi connectivity index (χ1v) is 10.1. The summed E-state index contributed by atoms with van der Waals surface area (Å²) in [4.78, 5) is 20.1. The van der Waals surface area contributed by atoms with Gasteiger partial charge in [-0.15, -0.1) is 0 Å². The topological polar surface area (TPSA) is 69.8 Å². The van der Waals surface area contributed by atoms with Gasteiger partial charge in [0.1, 0.15) is 11.6 Å². The Balaban J connectivity index is 1.58. The van der Waals surface area contributed by atoms with E-state index in [0.29, 0.717) is 34.9 Å². The van der Waals surface area contributed by atoms with E-state index in [9.17, 15) is 9.18 Å². The van der Waals surface area contributed by atoms with Crippen LogP contribution in [0.5, 0.6) is 0 Å². The Labute approximate surface area is 162 Å². The number of carbonyl (C=O) groups is 1. The van der Waals surface area contributed by atoms with Gasteiger partial charge < -0.3 is 15.6 Å². The van der Waals surface area contributed by atoms with Gasteiger partial charge in [-0.25, -0.2) is 9.37 Å². The number of nitrogens with zero attached hydrogens (tertiary/aromatic N) is 1. The molecule has 1 saturated carbocycles. The van der Waals surface area contributed by atoms with Crippen LogP contribution in [0.3, 0.4) is 0 Å². The predicted molar refractivity (Wildman–Crippen MR) is 108 cm³/mol. The number of fused-ring (bicyclic) bond motifs is 2. The minimum atomic E-state index is -0.339. The molecule has 1 aromatic carbocycles. The molecule has 1 amide bonds. The van der Waals surface area contributed by atoms with E-state index in [-0.39, 0.29) is 11.7 Å². The molecule has 144 valence electrons. The van der Waals surface area contributed by atoms with Crippen LogP contribution in [-0.2, 0) is 6.42 Å². The van der Waals surface area contributed by atoms with E-state index in [4.69, 9.17) is 4.98 Å². The maximum atomic E-state index is 14.9. The van der Waals surface area contributed by atoms with Crippen molar-refractivity contribution in [3.8, 4) is 11.3 Å². The van der Waals surface area contributed by atoms with Crippen LogP contribution in [0.2, 0.25) is 0 Å². The molecule has 0 saturated heterocycles. The summed E-state index contributed by atoms with van der Waals surface area (Å²) in [5.41, 5.74) is 3.08. The summed E-state index contributed by atoms with van der Waals surface area (Å²) in [7, 11) is 0. The van der Waals surface area contributed by atoms with Crippen LogP contribution in [0.15, 0.2) is 30.3 Å². The van der Waals surface area contributed by atoms with Crippen molar-refractivity contribution >= 4 is 22.6 Å². The Hall–Kier alpha value is -2.89. The first-order chi connectivity index (χ1) is 13.7. The van der Waals surface area contributed by atoms with Gasteiger partial charge in [0, 0.05) is 30.1 Å². The van der Waals surface area contributed by atoms with Gasteiger partial charge in [0.25, 0.3) is 5.91 Å². The number of rotatable bonds is 3. The molecule has 1 aliphatic heterocycles. The van der Waals surface area contributed by atoms with E-state index in [1.165, 1.54) is 25.3 Å². The smallest absolute Gasteiger partial charge is 0.253 e. The number of hydrogen-bond acceptors (Lipinski definition) is 3. The first kappa shape index (κ1) is 17.2. The number of aromatic nitrogens is 2. The number of halogens is 1. The van der Waals surface area contributed by atoms with Crippen molar-refractivity contribution in [3.05, 3.63) is 47.4 Å². The Kier molecular flexibility index (Phi) is 4.26. The molecule has 0 radical (unpaired) electrons. The Bertz CT molecular complexity index is 1050. The lowest BCUT2D eigenvalue weighted by Crippen LogP contribution is -2.31. The molecule has 5 nitrogen and oxygen atoms in total. The Morgan fingerprint density at radius 3 is 2.75 bits per heavy atom. The van der Waals surface area contributed by atoms with Gasteiger partial charge in [-0.3, -0.25) is 4.79 Å². The van der Waals surface area contributed by atoms with Crippen molar-refractivity contribution in [1.29, 1.82) is 0 Å². The van der Waals surface area contributed by atoms with E-state index in [1.54, 1.807) is 12.1 Å². The highest BCUT2D eigenvalue weighted by Crippen LogP contribution is 2.33. The van der Waals surface area contributed by atoms with Crippen LogP contribution >= 0.6 is 0 Å². The fraction of sp³-hybridized carbons (Fsp3) is 0.364. The predicted octanol–water partition coefficient (Wildman–Crippen LogP) is 4.40. The number of amides is 1. The van der Waals surface area contributed by atoms with E-state index in [0.717, 1.165) is 36.2 Å². The zero-order chi connectivity index (χ0) is 19.1. The molecule has 0 bridgehead atoms. The zero-order valence-corrected chi connectivity index (χ0v) is 15.6. The molecule has 6 heteroatoms. The molecule has 0 atom stereocenters. The van der Waals surface area contributed by atoms with E-state index in [2.05, 4.69) is 15.6 Å².